The largest absolute Gasteiger partial charge is 0.490 e. The number of carbonyl (C=O) groups excluding carboxylic acids is 2. The smallest absolute Gasteiger partial charge is 0.452 e. The third kappa shape index (κ3) is 10.1. The summed E-state index contributed by atoms with van der Waals surface area (Å²) in [6.45, 7) is 7.51. The Hall–Kier alpha value is -2.31. The molecule has 1 aliphatic heterocycles. The minimum Gasteiger partial charge on any atom is -0.452 e. The summed E-state index contributed by atoms with van der Waals surface area (Å²) >= 11 is 0. The van der Waals surface area contributed by atoms with Gasteiger partial charge in [0.15, 0.2) is 6.29 Å². The van der Waals surface area contributed by atoms with Gasteiger partial charge in [0.2, 0.25) is 5.91 Å². The predicted octanol–water partition coefficient (Wildman–Crippen LogP) is 3.25. The number of benzene rings is 1. The summed E-state index contributed by atoms with van der Waals surface area (Å²) in [5.41, 5.74) is 0.0816. The van der Waals surface area contributed by atoms with Crippen LogP contribution in [0.5, 0.6) is 0 Å². The first-order valence-electron chi connectivity index (χ1n) is 11.1. The number of morpholine rings is 1. The molecule has 0 saturated carbocycles. The molecule has 0 bridgehead atoms. The van der Waals surface area contributed by atoms with Crippen molar-refractivity contribution in [1.29, 1.82) is 0 Å². The highest BCUT2D eigenvalue weighted by Crippen LogP contribution is 2.23. The molecule has 1 saturated heterocycles. The molecule has 0 aromatic heterocycles. The van der Waals surface area contributed by atoms with E-state index in [-0.39, 0.29) is 30.6 Å². The molecule has 0 unspecified atom stereocenters. The molecule has 1 heterocycles. The van der Waals surface area contributed by atoms with Crippen LogP contribution in [0.25, 0.3) is 0 Å². The van der Waals surface area contributed by atoms with Crippen LogP contribution in [0.1, 0.15) is 39.7 Å². The third-order valence-electron chi connectivity index (χ3n) is 5.20. The Morgan fingerprint density at radius 1 is 1.17 bits per heavy atom. The van der Waals surface area contributed by atoms with Gasteiger partial charge in [-0.2, -0.15) is 13.2 Å². The molecule has 1 fully saturated rings. The molecule has 0 aliphatic carbocycles. The van der Waals surface area contributed by atoms with E-state index in [1.54, 1.807) is 0 Å². The molecule has 2 N–H and O–H groups in total. The Morgan fingerprint density at radius 2 is 1.80 bits per heavy atom. The van der Waals surface area contributed by atoms with E-state index in [4.69, 9.17) is 14.2 Å². The summed E-state index contributed by atoms with van der Waals surface area (Å²) < 4.78 is 82.4. The van der Waals surface area contributed by atoms with Gasteiger partial charge in [-0.05, 0) is 36.0 Å². The number of esters is 1. The number of hydrogen-bond acceptors (Lipinski definition) is 6. The van der Waals surface area contributed by atoms with Crippen molar-refractivity contribution in [2.24, 2.45) is 5.41 Å². The maximum absolute atomic E-state index is 13.7. The number of carbonyl (C=O) groups is 2. The van der Waals surface area contributed by atoms with Gasteiger partial charge < -0.3 is 24.8 Å². The third-order valence-corrected chi connectivity index (χ3v) is 5.20. The van der Waals surface area contributed by atoms with Crippen molar-refractivity contribution in [1.82, 2.24) is 10.6 Å². The molecule has 198 valence electrons. The summed E-state index contributed by atoms with van der Waals surface area (Å²) in [5.74, 6) is -4.91. The van der Waals surface area contributed by atoms with Crippen LogP contribution in [-0.4, -0.2) is 62.3 Å². The van der Waals surface area contributed by atoms with Gasteiger partial charge in [0.25, 0.3) is 0 Å². The topological polar surface area (TPSA) is 85.9 Å². The number of rotatable bonds is 9. The first-order valence-corrected chi connectivity index (χ1v) is 11.1. The Balaban J connectivity index is 2.20. The van der Waals surface area contributed by atoms with Crippen LogP contribution >= 0.6 is 0 Å². The normalized spacial score (nSPS) is 20.7. The van der Waals surface area contributed by atoms with E-state index < -0.39 is 54.2 Å². The molecule has 35 heavy (non-hydrogen) atoms. The van der Waals surface area contributed by atoms with Crippen LogP contribution in [0.2, 0.25) is 0 Å². The van der Waals surface area contributed by atoms with Crippen molar-refractivity contribution < 1.29 is 45.8 Å². The van der Waals surface area contributed by atoms with Crippen molar-refractivity contribution in [3.63, 3.8) is 0 Å². The Labute approximate surface area is 200 Å². The van der Waals surface area contributed by atoms with Crippen LogP contribution in [0, 0.1) is 17.0 Å². The minimum atomic E-state index is -5.29. The lowest BCUT2D eigenvalue weighted by molar-refractivity contribution is -0.214. The molecular formula is C23H31F5N2O5. The second-order valence-electron chi connectivity index (χ2n) is 9.62. The molecule has 0 radical (unpaired) electrons. The van der Waals surface area contributed by atoms with Gasteiger partial charge in [-0.3, -0.25) is 4.79 Å². The fourth-order valence-corrected chi connectivity index (χ4v) is 3.52. The Bertz CT molecular complexity index is 847. The van der Waals surface area contributed by atoms with Crippen molar-refractivity contribution in [2.75, 3.05) is 19.8 Å². The summed E-state index contributed by atoms with van der Waals surface area (Å²) in [6.07, 6.45) is -7.11. The Kier molecular flexibility index (Phi) is 9.99. The summed E-state index contributed by atoms with van der Waals surface area (Å²) in [4.78, 5) is 23.5. The highest BCUT2D eigenvalue weighted by Gasteiger charge is 2.46. The Morgan fingerprint density at radius 3 is 2.29 bits per heavy atom. The molecule has 2 rings (SSSR count). The number of ether oxygens (including phenoxy) is 3. The van der Waals surface area contributed by atoms with Crippen molar-refractivity contribution >= 4 is 11.9 Å². The standard InChI is InChI=1S/C23H31F5N2O5/c1-13(31)30-17(9-14-7-15(24)10-16(25)8-14)20(35-21(32)23(26,27)28)18-12-34-19(11-29-18)33-6-5-22(2,3)4/h7-8,10,17-20,29H,5-6,9,11-12H2,1-4H3,(H,30,31)/t17-,18+,19+,20-/m0/s1. The predicted molar refractivity (Wildman–Crippen MR) is 115 cm³/mol. The zero-order valence-corrected chi connectivity index (χ0v) is 20.0. The van der Waals surface area contributed by atoms with E-state index in [0.29, 0.717) is 12.7 Å². The summed E-state index contributed by atoms with van der Waals surface area (Å²) in [6, 6.07) is 0.363. The van der Waals surface area contributed by atoms with E-state index in [0.717, 1.165) is 25.5 Å². The quantitative estimate of drug-likeness (QED) is 0.392. The average Bonchev–Trinajstić information content (AvgIpc) is 2.69. The number of halogens is 5. The zero-order valence-electron chi connectivity index (χ0n) is 20.0. The van der Waals surface area contributed by atoms with Gasteiger partial charge in [-0.15, -0.1) is 0 Å². The highest BCUT2D eigenvalue weighted by molar-refractivity contribution is 5.76. The molecule has 1 aliphatic rings. The van der Waals surface area contributed by atoms with E-state index in [1.807, 2.05) is 20.8 Å². The van der Waals surface area contributed by atoms with Crippen LogP contribution in [-0.2, 0) is 30.2 Å². The SMILES string of the molecule is CC(=O)N[C@@H](Cc1cc(F)cc(F)c1)[C@H](OC(=O)C(F)(F)F)[C@H]1CO[C@@H](OCCC(C)(C)C)CN1. The van der Waals surface area contributed by atoms with Gasteiger partial charge in [0.1, 0.15) is 17.7 Å². The molecule has 12 heteroatoms. The zero-order chi connectivity index (χ0) is 26.4. The van der Waals surface area contributed by atoms with E-state index in [1.165, 1.54) is 0 Å². The molecule has 0 spiro atoms. The maximum Gasteiger partial charge on any atom is 0.490 e. The van der Waals surface area contributed by atoms with E-state index in [9.17, 15) is 31.5 Å². The van der Waals surface area contributed by atoms with E-state index >= 15 is 0 Å². The van der Waals surface area contributed by atoms with E-state index in [2.05, 4.69) is 10.6 Å². The van der Waals surface area contributed by atoms with Crippen LogP contribution in [0.15, 0.2) is 18.2 Å². The number of alkyl halides is 3. The number of nitrogens with one attached hydrogen (secondary N) is 2. The van der Waals surface area contributed by atoms with Gasteiger partial charge in [0, 0.05) is 19.5 Å². The fourth-order valence-electron chi connectivity index (χ4n) is 3.52. The van der Waals surface area contributed by atoms with Gasteiger partial charge in [0.05, 0.1) is 25.3 Å². The van der Waals surface area contributed by atoms with Crippen molar-refractivity contribution in [2.45, 2.75) is 71.2 Å². The lowest BCUT2D eigenvalue weighted by atomic mass is 9.93. The second kappa shape index (κ2) is 12.1. The summed E-state index contributed by atoms with van der Waals surface area (Å²) in [5, 5.41) is 5.37. The number of amides is 1. The van der Waals surface area contributed by atoms with Gasteiger partial charge >= 0.3 is 12.1 Å². The van der Waals surface area contributed by atoms with Gasteiger partial charge in [-0.25, -0.2) is 13.6 Å². The first kappa shape index (κ1) is 28.9. The minimum absolute atomic E-state index is 0.0312. The second-order valence-corrected chi connectivity index (χ2v) is 9.62. The first-order chi connectivity index (χ1) is 16.1. The lowest BCUT2D eigenvalue weighted by Gasteiger charge is -2.38. The molecule has 4 atom stereocenters. The average molecular weight is 511 g/mol. The van der Waals surface area contributed by atoms with Crippen LogP contribution < -0.4 is 10.6 Å². The van der Waals surface area contributed by atoms with Crippen molar-refractivity contribution in [3.05, 3.63) is 35.4 Å². The molecule has 1 amide bonds. The molecule has 7 nitrogen and oxygen atoms in total. The number of hydrogen-bond donors (Lipinski definition) is 2. The van der Waals surface area contributed by atoms with Crippen molar-refractivity contribution in [3.8, 4) is 0 Å². The summed E-state index contributed by atoms with van der Waals surface area (Å²) in [7, 11) is 0. The monoisotopic (exact) mass is 510 g/mol. The molecule has 1 aromatic carbocycles. The maximum atomic E-state index is 13.7. The van der Waals surface area contributed by atoms with Gasteiger partial charge in [-0.1, -0.05) is 20.8 Å². The molecular weight excluding hydrogens is 479 g/mol. The van der Waals surface area contributed by atoms with Crippen LogP contribution in [0.4, 0.5) is 22.0 Å². The van der Waals surface area contributed by atoms with Crippen LogP contribution in [0.3, 0.4) is 0 Å². The lowest BCUT2D eigenvalue weighted by Crippen LogP contribution is -2.61. The fraction of sp³-hybridized carbons (Fsp3) is 0.652. The highest BCUT2D eigenvalue weighted by atomic mass is 19.4. The molecule has 1 aromatic rings.